The molecule has 82 valence electrons. The van der Waals surface area contributed by atoms with Crippen molar-refractivity contribution in [1.82, 2.24) is 0 Å². The quantitative estimate of drug-likeness (QED) is 0.473. The molecular weight excluding hydrogens is 191 g/mol. The minimum atomic E-state index is -1.86. The molecular formula is C12H23FSi. The van der Waals surface area contributed by atoms with Gasteiger partial charge in [0.2, 0.25) is 9.13 Å². The van der Waals surface area contributed by atoms with E-state index in [-0.39, 0.29) is 0 Å². The summed E-state index contributed by atoms with van der Waals surface area (Å²) in [5.74, 6) is 0. The summed E-state index contributed by atoms with van der Waals surface area (Å²) < 4.78 is 14.3. The summed E-state index contributed by atoms with van der Waals surface area (Å²) in [6.45, 7) is 0. The summed E-state index contributed by atoms with van der Waals surface area (Å²) in [5.41, 5.74) is 1.12. The van der Waals surface area contributed by atoms with Crippen LogP contribution in [0.25, 0.3) is 0 Å². The van der Waals surface area contributed by atoms with E-state index < -0.39 is 9.13 Å². The molecule has 0 spiro atoms. The minimum Gasteiger partial charge on any atom is -0.318 e. The fraction of sp³-hybridized carbons (Fsp3) is 1.00. The lowest BCUT2D eigenvalue weighted by Gasteiger charge is -2.31. The molecule has 2 aliphatic rings. The maximum Gasteiger partial charge on any atom is 0.238 e. The maximum atomic E-state index is 14.3. The molecule has 0 amide bonds. The van der Waals surface area contributed by atoms with E-state index in [1.807, 2.05) is 0 Å². The average Bonchev–Trinajstić information content (AvgIpc) is 2.30. The zero-order valence-corrected chi connectivity index (χ0v) is 10.3. The molecule has 0 aliphatic heterocycles. The molecule has 0 radical (unpaired) electrons. The van der Waals surface area contributed by atoms with Crippen LogP contribution in [-0.2, 0) is 0 Å². The van der Waals surface area contributed by atoms with Crippen molar-refractivity contribution in [2.45, 2.75) is 75.3 Å². The summed E-state index contributed by atoms with van der Waals surface area (Å²) in [6, 6.07) is 0. The van der Waals surface area contributed by atoms with Crippen molar-refractivity contribution in [2.75, 3.05) is 0 Å². The van der Waals surface area contributed by atoms with Gasteiger partial charge >= 0.3 is 0 Å². The largest absolute Gasteiger partial charge is 0.318 e. The minimum absolute atomic E-state index is 0.562. The highest BCUT2D eigenvalue weighted by Gasteiger charge is 2.33. The Morgan fingerprint density at radius 1 is 0.643 bits per heavy atom. The van der Waals surface area contributed by atoms with Gasteiger partial charge in [-0.2, -0.15) is 0 Å². The van der Waals surface area contributed by atoms with Crippen molar-refractivity contribution in [3.63, 3.8) is 0 Å². The first-order valence-corrected chi connectivity index (χ1v) is 8.29. The predicted octanol–water partition coefficient (Wildman–Crippen LogP) is 4.35. The van der Waals surface area contributed by atoms with Crippen LogP contribution in [0.3, 0.4) is 0 Å². The topological polar surface area (TPSA) is 0 Å². The molecule has 2 aliphatic carbocycles. The number of hydrogen-bond acceptors (Lipinski definition) is 0. The van der Waals surface area contributed by atoms with Crippen LogP contribution in [0, 0.1) is 0 Å². The molecule has 2 heteroatoms. The average molecular weight is 214 g/mol. The molecule has 0 heterocycles. The van der Waals surface area contributed by atoms with Crippen molar-refractivity contribution in [3.05, 3.63) is 0 Å². The standard InChI is InChI=1S/C12H23FSi/c13-14(11-7-3-1-4-8-11)12-9-5-2-6-10-12/h11-12,14H,1-10H2. The molecule has 14 heavy (non-hydrogen) atoms. The lowest BCUT2D eigenvalue weighted by molar-refractivity contribution is 0.439. The monoisotopic (exact) mass is 214 g/mol. The second-order valence-corrected chi connectivity index (χ2v) is 8.02. The van der Waals surface area contributed by atoms with Crippen LogP contribution >= 0.6 is 0 Å². The van der Waals surface area contributed by atoms with Gasteiger partial charge in [0.25, 0.3) is 0 Å². The highest BCUT2D eigenvalue weighted by atomic mass is 28.3. The number of rotatable bonds is 2. The Balaban J connectivity index is 1.82. The van der Waals surface area contributed by atoms with Gasteiger partial charge in [0.15, 0.2) is 0 Å². The molecule has 0 N–H and O–H groups in total. The van der Waals surface area contributed by atoms with E-state index in [2.05, 4.69) is 0 Å². The van der Waals surface area contributed by atoms with Crippen LogP contribution in [0.1, 0.15) is 64.2 Å². The van der Waals surface area contributed by atoms with E-state index in [1.165, 1.54) is 64.2 Å². The second kappa shape index (κ2) is 5.29. The molecule has 0 aromatic rings. The van der Waals surface area contributed by atoms with Gasteiger partial charge in [0, 0.05) is 0 Å². The fourth-order valence-electron chi connectivity index (χ4n) is 3.29. The van der Waals surface area contributed by atoms with E-state index in [0.29, 0.717) is 11.1 Å². The second-order valence-electron chi connectivity index (χ2n) is 5.24. The zero-order chi connectivity index (χ0) is 9.80. The number of hydrogen-bond donors (Lipinski definition) is 0. The van der Waals surface area contributed by atoms with Gasteiger partial charge in [-0.1, -0.05) is 64.2 Å². The third-order valence-corrected chi connectivity index (χ3v) is 7.34. The lowest BCUT2D eigenvalue weighted by atomic mass is 9.99. The Bertz CT molecular complexity index is 142. The van der Waals surface area contributed by atoms with Gasteiger partial charge in [-0.25, -0.2) is 0 Å². The van der Waals surface area contributed by atoms with E-state index in [4.69, 9.17) is 0 Å². The molecule has 0 aromatic heterocycles. The Hall–Kier alpha value is 0.147. The van der Waals surface area contributed by atoms with Crippen molar-refractivity contribution in [3.8, 4) is 0 Å². The molecule has 0 bridgehead atoms. The van der Waals surface area contributed by atoms with Crippen LogP contribution in [0.15, 0.2) is 0 Å². The normalized spacial score (nSPS) is 27.0. The zero-order valence-electron chi connectivity index (χ0n) is 9.18. The Morgan fingerprint density at radius 3 is 1.36 bits per heavy atom. The Kier molecular flexibility index (Phi) is 4.03. The van der Waals surface area contributed by atoms with Gasteiger partial charge < -0.3 is 4.11 Å². The Labute approximate surface area is 89.1 Å². The van der Waals surface area contributed by atoms with Crippen LogP contribution in [0.2, 0.25) is 11.1 Å². The van der Waals surface area contributed by atoms with Gasteiger partial charge in [0.1, 0.15) is 0 Å². The van der Waals surface area contributed by atoms with Gasteiger partial charge in [0.05, 0.1) is 0 Å². The van der Waals surface area contributed by atoms with E-state index in [0.717, 1.165) is 0 Å². The summed E-state index contributed by atoms with van der Waals surface area (Å²) in [4.78, 5) is 0. The van der Waals surface area contributed by atoms with E-state index in [9.17, 15) is 4.11 Å². The Morgan fingerprint density at radius 2 is 1.00 bits per heavy atom. The van der Waals surface area contributed by atoms with Crippen molar-refractivity contribution < 1.29 is 4.11 Å². The van der Waals surface area contributed by atoms with Crippen LogP contribution in [0.5, 0.6) is 0 Å². The molecule has 2 saturated carbocycles. The third kappa shape index (κ3) is 2.59. The van der Waals surface area contributed by atoms with Crippen molar-refractivity contribution in [2.24, 2.45) is 0 Å². The van der Waals surface area contributed by atoms with Crippen molar-refractivity contribution >= 4 is 9.13 Å². The molecule has 0 aromatic carbocycles. The first kappa shape index (κ1) is 10.7. The van der Waals surface area contributed by atoms with Crippen LogP contribution in [-0.4, -0.2) is 9.13 Å². The number of halogens is 1. The lowest BCUT2D eigenvalue weighted by Crippen LogP contribution is -2.25. The predicted molar refractivity (Wildman–Crippen MR) is 61.9 cm³/mol. The third-order valence-electron chi connectivity index (χ3n) is 4.20. The summed E-state index contributed by atoms with van der Waals surface area (Å²) in [6.07, 6.45) is 12.9. The molecule has 0 nitrogen and oxygen atoms in total. The van der Waals surface area contributed by atoms with Crippen molar-refractivity contribution in [1.29, 1.82) is 0 Å². The molecule has 0 atom stereocenters. The molecule has 2 fully saturated rings. The molecule has 0 saturated heterocycles. The first-order chi connectivity index (χ1) is 6.88. The maximum absolute atomic E-state index is 14.3. The summed E-state index contributed by atoms with van der Waals surface area (Å²) in [5, 5.41) is 0. The highest BCUT2D eigenvalue weighted by Crippen LogP contribution is 2.41. The highest BCUT2D eigenvalue weighted by molar-refractivity contribution is 6.54. The van der Waals surface area contributed by atoms with Gasteiger partial charge in [-0.15, -0.1) is 0 Å². The smallest absolute Gasteiger partial charge is 0.238 e. The fourth-order valence-corrected chi connectivity index (χ4v) is 6.28. The van der Waals surface area contributed by atoms with E-state index >= 15 is 0 Å². The summed E-state index contributed by atoms with van der Waals surface area (Å²) >= 11 is 0. The summed E-state index contributed by atoms with van der Waals surface area (Å²) in [7, 11) is -1.86. The van der Waals surface area contributed by atoms with Gasteiger partial charge in [-0.3, -0.25) is 0 Å². The first-order valence-electron chi connectivity index (χ1n) is 6.52. The van der Waals surface area contributed by atoms with Crippen LogP contribution < -0.4 is 0 Å². The van der Waals surface area contributed by atoms with Gasteiger partial charge in [-0.05, 0) is 11.1 Å². The molecule has 2 rings (SSSR count). The van der Waals surface area contributed by atoms with Crippen LogP contribution in [0.4, 0.5) is 4.11 Å². The van der Waals surface area contributed by atoms with E-state index in [1.54, 1.807) is 0 Å². The molecule has 0 unspecified atom stereocenters. The SMILES string of the molecule is F[SiH](C1CCCCC1)C1CCCCC1.